The van der Waals surface area contributed by atoms with Gasteiger partial charge in [-0.05, 0) is 54.1 Å². The Bertz CT molecular complexity index is 1000. The Morgan fingerprint density at radius 2 is 1.45 bits per heavy atom. The number of hydrogen-bond acceptors (Lipinski definition) is 5. The molecule has 1 aliphatic rings. The Hall–Kier alpha value is -3.25. The molecule has 0 spiro atoms. The van der Waals surface area contributed by atoms with Gasteiger partial charge in [0.1, 0.15) is 29.2 Å². The van der Waals surface area contributed by atoms with Crippen molar-refractivity contribution in [1.29, 1.82) is 0 Å². The molecular weight excluding hydrogens is 419 g/mol. The fourth-order valence-electron chi connectivity index (χ4n) is 4.13. The summed E-state index contributed by atoms with van der Waals surface area (Å²) in [7, 11) is 3.33. The highest BCUT2D eigenvalue weighted by atomic mass is 19.1. The summed E-state index contributed by atoms with van der Waals surface area (Å²) in [5, 5.41) is 0. The fourth-order valence-corrected chi connectivity index (χ4v) is 4.13. The number of benzene rings is 3. The van der Waals surface area contributed by atoms with Gasteiger partial charge < -0.3 is 19.1 Å². The summed E-state index contributed by atoms with van der Waals surface area (Å²) < 4.78 is 30.3. The van der Waals surface area contributed by atoms with Crippen LogP contribution in [0.2, 0.25) is 0 Å². The lowest BCUT2D eigenvalue weighted by Gasteiger charge is -2.36. The van der Waals surface area contributed by atoms with Crippen LogP contribution < -0.4 is 19.1 Å². The van der Waals surface area contributed by atoms with Crippen molar-refractivity contribution in [3.8, 4) is 17.2 Å². The van der Waals surface area contributed by atoms with Gasteiger partial charge in [0.25, 0.3) is 0 Å². The predicted octanol–water partition coefficient (Wildman–Crippen LogP) is 5.18. The van der Waals surface area contributed by atoms with Crippen LogP contribution in [0.5, 0.6) is 17.2 Å². The third-order valence-electron chi connectivity index (χ3n) is 6.08. The van der Waals surface area contributed by atoms with Gasteiger partial charge >= 0.3 is 0 Å². The first-order chi connectivity index (χ1) is 16.1. The molecule has 1 heterocycles. The molecule has 3 aromatic rings. The van der Waals surface area contributed by atoms with Crippen LogP contribution in [-0.4, -0.2) is 51.8 Å². The van der Waals surface area contributed by atoms with Crippen molar-refractivity contribution in [2.24, 2.45) is 0 Å². The van der Waals surface area contributed by atoms with E-state index in [-0.39, 0.29) is 11.9 Å². The van der Waals surface area contributed by atoms with E-state index in [0.717, 1.165) is 67.6 Å². The van der Waals surface area contributed by atoms with E-state index in [2.05, 4.69) is 21.9 Å². The monoisotopic (exact) mass is 450 g/mol. The number of methoxy groups -OCH3 is 2. The topological polar surface area (TPSA) is 34.2 Å². The Balaban J connectivity index is 1.39. The number of rotatable bonds is 9. The smallest absolute Gasteiger partial charge is 0.125 e. The van der Waals surface area contributed by atoms with Gasteiger partial charge in [-0.3, -0.25) is 4.90 Å². The minimum atomic E-state index is -0.196. The van der Waals surface area contributed by atoms with Gasteiger partial charge in [-0.1, -0.05) is 18.2 Å². The minimum absolute atomic E-state index is 0.0851. The first kappa shape index (κ1) is 22.9. The SMILES string of the molecule is COc1ccc(C(CCN2CCN(c3ccc(F)cc3)CC2)Oc2cccc(OC)c2)cc1. The largest absolute Gasteiger partial charge is 0.497 e. The summed E-state index contributed by atoms with van der Waals surface area (Å²) in [6.07, 6.45) is 0.776. The molecule has 0 aromatic heterocycles. The molecule has 3 aromatic carbocycles. The number of ether oxygens (including phenoxy) is 3. The molecule has 0 aliphatic carbocycles. The van der Waals surface area contributed by atoms with Crippen LogP contribution in [0, 0.1) is 5.82 Å². The lowest BCUT2D eigenvalue weighted by molar-refractivity contribution is 0.159. The van der Waals surface area contributed by atoms with Gasteiger partial charge in [-0.25, -0.2) is 4.39 Å². The highest BCUT2D eigenvalue weighted by molar-refractivity contribution is 5.46. The quantitative estimate of drug-likeness (QED) is 0.449. The molecule has 1 saturated heterocycles. The van der Waals surface area contributed by atoms with Gasteiger partial charge in [-0.15, -0.1) is 0 Å². The van der Waals surface area contributed by atoms with Crippen molar-refractivity contribution in [1.82, 2.24) is 4.90 Å². The Morgan fingerprint density at radius 3 is 2.12 bits per heavy atom. The first-order valence-electron chi connectivity index (χ1n) is 11.3. The van der Waals surface area contributed by atoms with Crippen molar-refractivity contribution in [2.75, 3.05) is 51.8 Å². The molecular formula is C27H31FN2O3. The predicted molar refractivity (Wildman–Crippen MR) is 129 cm³/mol. The first-order valence-corrected chi connectivity index (χ1v) is 11.3. The van der Waals surface area contributed by atoms with Crippen LogP contribution in [0.1, 0.15) is 18.1 Å². The van der Waals surface area contributed by atoms with Gasteiger partial charge in [-0.2, -0.15) is 0 Å². The molecule has 6 heteroatoms. The van der Waals surface area contributed by atoms with E-state index in [1.54, 1.807) is 14.2 Å². The molecule has 1 atom stereocenters. The molecule has 0 N–H and O–H groups in total. The van der Waals surface area contributed by atoms with Crippen LogP contribution in [-0.2, 0) is 0 Å². The maximum absolute atomic E-state index is 13.2. The highest BCUT2D eigenvalue weighted by Gasteiger charge is 2.20. The molecule has 0 amide bonds. The van der Waals surface area contributed by atoms with Crippen LogP contribution in [0.3, 0.4) is 0 Å². The van der Waals surface area contributed by atoms with Crippen molar-refractivity contribution < 1.29 is 18.6 Å². The second-order valence-corrected chi connectivity index (χ2v) is 8.15. The zero-order valence-corrected chi connectivity index (χ0v) is 19.2. The van der Waals surface area contributed by atoms with E-state index in [4.69, 9.17) is 14.2 Å². The maximum atomic E-state index is 13.2. The van der Waals surface area contributed by atoms with Crippen LogP contribution in [0.25, 0.3) is 0 Å². The van der Waals surface area contributed by atoms with Crippen molar-refractivity contribution in [2.45, 2.75) is 12.5 Å². The Morgan fingerprint density at radius 1 is 0.788 bits per heavy atom. The Labute approximate surface area is 195 Å². The molecule has 174 valence electrons. The van der Waals surface area contributed by atoms with E-state index < -0.39 is 0 Å². The molecule has 0 bridgehead atoms. The average molecular weight is 451 g/mol. The standard InChI is InChI=1S/C27H31FN2O3/c1-31-24-12-6-21(7-13-24)27(33-26-5-3-4-25(20-26)32-2)14-15-29-16-18-30(19-17-29)23-10-8-22(28)9-11-23/h3-13,20,27H,14-19H2,1-2H3. The Kier molecular flexibility index (Phi) is 7.68. The number of halogens is 1. The number of anilines is 1. The molecule has 1 aliphatic heterocycles. The molecule has 33 heavy (non-hydrogen) atoms. The zero-order valence-electron chi connectivity index (χ0n) is 19.2. The maximum Gasteiger partial charge on any atom is 0.125 e. The van der Waals surface area contributed by atoms with Crippen molar-refractivity contribution in [3.05, 3.63) is 84.2 Å². The normalized spacial score (nSPS) is 15.2. The summed E-state index contributed by atoms with van der Waals surface area (Å²) in [5.74, 6) is 2.20. The molecule has 0 radical (unpaired) electrons. The van der Waals surface area contributed by atoms with Crippen LogP contribution in [0.15, 0.2) is 72.8 Å². The summed E-state index contributed by atoms with van der Waals surface area (Å²) in [6.45, 7) is 4.71. The van der Waals surface area contributed by atoms with E-state index in [1.165, 1.54) is 12.1 Å². The molecule has 1 fully saturated rings. The second kappa shape index (κ2) is 11.1. The summed E-state index contributed by atoms with van der Waals surface area (Å²) in [4.78, 5) is 4.77. The minimum Gasteiger partial charge on any atom is -0.497 e. The third kappa shape index (κ3) is 6.17. The number of hydrogen-bond donors (Lipinski definition) is 0. The van der Waals surface area contributed by atoms with Crippen LogP contribution >= 0.6 is 0 Å². The van der Waals surface area contributed by atoms with E-state index in [1.807, 2.05) is 48.5 Å². The van der Waals surface area contributed by atoms with Gasteiger partial charge in [0.15, 0.2) is 0 Å². The van der Waals surface area contributed by atoms with Crippen molar-refractivity contribution in [3.63, 3.8) is 0 Å². The van der Waals surface area contributed by atoms with Gasteiger partial charge in [0.2, 0.25) is 0 Å². The summed E-state index contributed by atoms with van der Waals surface area (Å²) in [5.41, 5.74) is 2.19. The van der Waals surface area contributed by atoms with Gasteiger partial charge in [0.05, 0.1) is 14.2 Å². The zero-order chi connectivity index (χ0) is 23.0. The van der Waals surface area contributed by atoms with Crippen molar-refractivity contribution >= 4 is 5.69 Å². The molecule has 1 unspecified atom stereocenters. The number of nitrogens with zero attached hydrogens (tertiary/aromatic N) is 2. The number of piperazine rings is 1. The lowest BCUT2D eigenvalue weighted by Crippen LogP contribution is -2.46. The molecule has 5 nitrogen and oxygen atoms in total. The van der Waals surface area contributed by atoms with E-state index in [9.17, 15) is 4.39 Å². The second-order valence-electron chi connectivity index (χ2n) is 8.15. The van der Waals surface area contributed by atoms with E-state index in [0.29, 0.717) is 0 Å². The third-order valence-corrected chi connectivity index (χ3v) is 6.08. The average Bonchev–Trinajstić information content (AvgIpc) is 2.87. The fraction of sp³-hybridized carbons (Fsp3) is 0.333. The van der Waals surface area contributed by atoms with Gasteiger partial charge in [0, 0.05) is 50.9 Å². The lowest BCUT2D eigenvalue weighted by atomic mass is 10.1. The van der Waals surface area contributed by atoms with Crippen LogP contribution in [0.4, 0.5) is 10.1 Å². The molecule has 0 saturated carbocycles. The molecule has 4 rings (SSSR count). The highest BCUT2D eigenvalue weighted by Crippen LogP contribution is 2.29. The summed E-state index contributed by atoms with van der Waals surface area (Å²) >= 11 is 0. The summed E-state index contributed by atoms with van der Waals surface area (Å²) in [6, 6.07) is 22.6. The van der Waals surface area contributed by atoms with E-state index >= 15 is 0 Å².